The van der Waals surface area contributed by atoms with Gasteiger partial charge in [0.2, 0.25) is 5.91 Å². The summed E-state index contributed by atoms with van der Waals surface area (Å²) in [6, 6.07) is 4.04. The molecule has 0 radical (unpaired) electrons. The first kappa shape index (κ1) is 13.3. The molecule has 1 saturated heterocycles. The van der Waals surface area contributed by atoms with Crippen LogP contribution in [0, 0.1) is 12.8 Å². The van der Waals surface area contributed by atoms with E-state index in [9.17, 15) is 9.90 Å². The Balaban J connectivity index is 2.01. The zero-order valence-electron chi connectivity index (χ0n) is 10.8. The molecule has 1 aromatic heterocycles. The van der Waals surface area contributed by atoms with Gasteiger partial charge < -0.3 is 10.0 Å². The van der Waals surface area contributed by atoms with Crippen LogP contribution in [0.2, 0.25) is 0 Å². The van der Waals surface area contributed by atoms with E-state index in [0.717, 1.165) is 17.8 Å². The van der Waals surface area contributed by atoms with Gasteiger partial charge in [-0.05, 0) is 37.5 Å². The second kappa shape index (κ2) is 5.67. The minimum atomic E-state index is -0.0211. The van der Waals surface area contributed by atoms with Gasteiger partial charge in [0, 0.05) is 22.4 Å². The molecule has 4 heteroatoms. The van der Waals surface area contributed by atoms with Gasteiger partial charge in [-0.3, -0.25) is 4.79 Å². The molecule has 0 saturated carbocycles. The Kier molecular flexibility index (Phi) is 4.19. The number of rotatable bonds is 3. The third-order valence-corrected chi connectivity index (χ3v) is 4.47. The number of aliphatic hydroxyl groups is 1. The Morgan fingerprint density at radius 1 is 1.61 bits per heavy atom. The van der Waals surface area contributed by atoms with Crippen molar-refractivity contribution in [2.45, 2.75) is 26.3 Å². The normalized spacial score (nSPS) is 24.1. The van der Waals surface area contributed by atoms with E-state index in [1.165, 1.54) is 4.88 Å². The molecule has 1 aromatic rings. The first-order valence-electron chi connectivity index (χ1n) is 6.28. The number of amides is 1. The second-order valence-corrected chi connectivity index (χ2v) is 6.15. The lowest BCUT2D eigenvalue weighted by Crippen LogP contribution is -2.38. The predicted molar refractivity (Wildman–Crippen MR) is 74.5 cm³/mol. The summed E-state index contributed by atoms with van der Waals surface area (Å²) < 4.78 is 0. The maximum Gasteiger partial charge on any atom is 0.246 e. The molecule has 2 heterocycles. The summed E-state index contributed by atoms with van der Waals surface area (Å²) >= 11 is 1.67. The van der Waals surface area contributed by atoms with E-state index in [0.29, 0.717) is 5.92 Å². The standard InChI is InChI=1S/C14H19NO2S/c1-10-7-8-15(13(10)9-16)14(17)6-5-12-4-3-11(2)18-12/h3-6,10,13,16H,7-9H2,1-2H3/b6-5+. The van der Waals surface area contributed by atoms with Crippen LogP contribution in [0.1, 0.15) is 23.1 Å². The van der Waals surface area contributed by atoms with Crippen LogP contribution in [0.15, 0.2) is 18.2 Å². The molecule has 3 nitrogen and oxygen atoms in total. The first-order valence-corrected chi connectivity index (χ1v) is 7.09. The number of likely N-dealkylation sites (tertiary alicyclic amines) is 1. The van der Waals surface area contributed by atoms with Gasteiger partial charge in [-0.15, -0.1) is 11.3 Å². The summed E-state index contributed by atoms with van der Waals surface area (Å²) in [5.74, 6) is 0.390. The van der Waals surface area contributed by atoms with Crippen molar-refractivity contribution in [3.63, 3.8) is 0 Å². The molecule has 1 amide bonds. The van der Waals surface area contributed by atoms with Gasteiger partial charge in [-0.2, -0.15) is 0 Å². The van der Waals surface area contributed by atoms with Gasteiger partial charge in [0.1, 0.15) is 0 Å². The van der Waals surface area contributed by atoms with Crippen LogP contribution in [-0.4, -0.2) is 35.1 Å². The predicted octanol–water partition coefficient (Wildman–Crippen LogP) is 2.30. The fourth-order valence-electron chi connectivity index (χ4n) is 2.35. The minimum Gasteiger partial charge on any atom is -0.394 e. The number of carbonyl (C=O) groups excluding carboxylic acids is 1. The molecule has 0 aromatic carbocycles. The summed E-state index contributed by atoms with van der Waals surface area (Å²) in [6.45, 7) is 4.94. The Labute approximate surface area is 112 Å². The summed E-state index contributed by atoms with van der Waals surface area (Å²) in [5, 5.41) is 9.33. The van der Waals surface area contributed by atoms with Crippen molar-refractivity contribution in [1.29, 1.82) is 0 Å². The SMILES string of the molecule is Cc1ccc(/C=C/C(=O)N2CCC(C)C2CO)s1. The minimum absolute atomic E-state index is 0.00412. The van der Waals surface area contributed by atoms with Crippen molar-refractivity contribution in [1.82, 2.24) is 4.90 Å². The van der Waals surface area contributed by atoms with E-state index in [1.54, 1.807) is 22.3 Å². The third-order valence-electron chi connectivity index (χ3n) is 3.50. The van der Waals surface area contributed by atoms with Crippen molar-refractivity contribution in [2.75, 3.05) is 13.2 Å². The first-order chi connectivity index (χ1) is 8.61. The molecular weight excluding hydrogens is 246 g/mol. The molecule has 1 N–H and O–H groups in total. The molecule has 1 aliphatic heterocycles. The molecule has 98 valence electrons. The van der Waals surface area contributed by atoms with Gasteiger partial charge in [0.05, 0.1) is 12.6 Å². The zero-order valence-corrected chi connectivity index (χ0v) is 11.6. The maximum atomic E-state index is 12.1. The van der Waals surface area contributed by atoms with Crippen LogP contribution in [-0.2, 0) is 4.79 Å². The zero-order chi connectivity index (χ0) is 13.1. The molecule has 2 unspecified atom stereocenters. The van der Waals surface area contributed by atoms with Crippen LogP contribution in [0.25, 0.3) is 6.08 Å². The smallest absolute Gasteiger partial charge is 0.246 e. The van der Waals surface area contributed by atoms with Crippen molar-refractivity contribution in [2.24, 2.45) is 5.92 Å². The summed E-state index contributed by atoms with van der Waals surface area (Å²) in [7, 11) is 0. The van der Waals surface area contributed by atoms with E-state index < -0.39 is 0 Å². The van der Waals surface area contributed by atoms with Crippen LogP contribution in [0.4, 0.5) is 0 Å². The third kappa shape index (κ3) is 2.82. The van der Waals surface area contributed by atoms with Crippen molar-refractivity contribution >= 4 is 23.3 Å². The van der Waals surface area contributed by atoms with Gasteiger partial charge in [-0.25, -0.2) is 0 Å². The number of aryl methyl sites for hydroxylation is 1. The Morgan fingerprint density at radius 3 is 3.00 bits per heavy atom. The lowest BCUT2D eigenvalue weighted by Gasteiger charge is -2.23. The topological polar surface area (TPSA) is 40.5 Å². The van der Waals surface area contributed by atoms with Gasteiger partial charge >= 0.3 is 0 Å². The molecule has 18 heavy (non-hydrogen) atoms. The molecule has 2 atom stereocenters. The second-order valence-electron chi connectivity index (χ2n) is 4.83. The number of carbonyl (C=O) groups is 1. The van der Waals surface area contributed by atoms with Crippen molar-refractivity contribution in [3.8, 4) is 0 Å². The van der Waals surface area contributed by atoms with E-state index >= 15 is 0 Å². The average Bonchev–Trinajstić information content (AvgIpc) is 2.92. The van der Waals surface area contributed by atoms with Crippen LogP contribution >= 0.6 is 11.3 Å². The van der Waals surface area contributed by atoms with Crippen LogP contribution in [0.5, 0.6) is 0 Å². The van der Waals surface area contributed by atoms with E-state index in [2.05, 4.69) is 6.92 Å². The highest BCUT2D eigenvalue weighted by Crippen LogP contribution is 2.24. The Bertz CT molecular complexity index is 452. The molecule has 1 aliphatic rings. The van der Waals surface area contributed by atoms with Gasteiger partial charge in [0.25, 0.3) is 0 Å². The fourth-order valence-corrected chi connectivity index (χ4v) is 3.13. The quantitative estimate of drug-likeness (QED) is 0.852. The highest BCUT2D eigenvalue weighted by atomic mass is 32.1. The fraction of sp³-hybridized carbons (Fsp3) is 0.500. The number of aliphatic hydroxyl groups excluding tert-OH is 1. The van der Waals surface area contributed by atoms with Crippen molar-refractivity contribution < 1.29 is 9.90 Å². The molecular formula is C14H19NO2S. The lowest BCUT2D eigenvalue weighted by atomic mass is 10.0. The molecule has 1 fully saturated rings. The highest BCUT2D eigenvalue weighted by molar-refractivity contribution is 7.12. The maximum absolute atomic E-state index is 12.1. The number of hydrogen-bond acceptors (Lipinski definition) is 3. The molecule has 0 aliphatic carbocycles. The Hall–Kier alpha value is -1.13. The number of nitrogens with zero attached hydrogens (tertiary/aromatic N) is 1. The lowest BCUT2D eigenvalue weighted by molar-refractivity contribution is -0.127. The number of thiophene rings is 1. The van der Waals surface area contributed by atoms with E-state index in [1.807, 2.05) is 25.1 Å². The molecule has 0 bridgehead atoms. The van der Waals surface area contributed by atoms with Crippen molar-refractivity contribution in [3.05, 3.63) is 28.0 Å². The summed E-state index contributed by atoms with van der Waals surface area (Å²) in [5.41, 5.74) is 0. The van der Waals surface area contributed by atoms with E-state index in [4.69, 9.17) is 0 Å². The van der Waals surface area contributed by atoms with Crippen LogP contribution < -0.4 is 0 Å². The monoisotopic (exact) mass is 265 g/mol. The summed E-state index contributed by atoms with van der Waals surface area (Å²) in [6.07, 6.45) is 4.45. The summed E-state index contributed by atoms with van der Waals surface area (Å²) in [4.78, 5) is 16.2. The average molecular weight is 265 g/mol. The largest absolute Gasteiger partial charge is 0.394 e. The highest BCUT2D eigenvalue weighted by Gasteiger charge is 2.32. The van der Waals surface area contributed by atoms with E-state index in [-0.39, 0.29) is 18.6 Å². The van der Waals surface area contributed by atoms with Crippen LogP contribution in [0.3, 0.4) is 0 Å². The van der Waals surface area contributed by atoms with Gasteiger partial charge in [-0.1, -0.05) is 6.92 Å². The van der Waals surface area contributed by atoms with Gasteiger partial charge in [0.15, 0.2) is 0 Å². The molecule has 2 rings (SSSR count). The Morgan fingerprint density at radius 2 is 2.39 bits per heavy atom. The number of hydrogen-bond donors (Lipinski definition) is 1. The molecule has 0 spiro atoms.